The maximum absolute atomic E-state index is 12.7. The van der Waals surface area contributed by atoms with Crippen molar-refractivity contribution in [3.05, 3.63) is 45.1 Å². The van der Waals surface area contributed by atoms with Gasteiger partial charge in [0.15, 0.2) is 0 Å². The first kappa shape index (κ1) is 11.5. The van der Waals surface area contributed by atoms with Crippen LogP contribution in [0.4, 0.5) is 15.9 Å². The third-order valence-corrected chi connectivity index (χ3v) is 2.79. The van der Waals surface area contributed by atoms with E-state index in [1.54, 1.807) is 18.3 Å². The fourth-order valence-corrected chi connectivity index (χ4v) is 1.63. The Morgan fingerprint density at radius 2 is 1.94 bits per heavy atom. The molecule has 0 fully saturated rings. The molecule has 0 aliphatic rings. The molecule has 0 bridgehead atoms. The van der Waals surface area contributed by atoms with Crippen LogP contribution in [0.2, 0.25) is 5.28 Å². The molecule has 1 aromatic carbocycles. The van der Waals surface area contributed by atoms with Crippen LogP contribution in [-0.4, -0.2) is 9.97 Å². The molecular formula is C10H6ClFIN3. The minimum atomic E-state index is -0.277. The summed E-state index contributed by atoms with van der Waals surface area (Å²) in [6, 6.07) is 6.00. The lowest BCUT2D eigenvalue weighted by Gasteiger charge is -2.06. The van der Waals surface area contributed by atoms with Gasteiger partial charge in [-0.1, -0.05) is 0 Å². The average molecular weight is 350 g/mol. The molecule has 0 atom stereocenters. The Morgan fingerprint density at radius 3 is 2.62 bits per heavy atom. The van der Waals surface area contributed by atoms with Crippen molar-refractivity contribution in [2.24, 2.45) is 0 Å². The van der Waals surface area contributed by atoms with E-state index in [4.69, 9.17) is 11.6 Å². The first-order valence-electron chi connectivity index (χ1n) is 4.36. The Bertz CT molecular complexity index is 504. The molecule has 2 aromatic rings. The second kappa shape index (κ2) is 4.92. The van der Waals surface area contributed by atoms with Gasteiger partial charge in [-0.15, -0.1) is 0 Å². The molecule has 0 aliphatic heterocycles. The monoisotopic (exact) mass is 349 g/mol. The van der Waals surface area contributed by atoms with E-state index in [0.29, 0.717) is 5.82 Å². The van der Waals surface area contributed by atoms with Gasteiger partial charge < -0.3 is 5.32 Å². The van der Waals surface area contributed by atoms with E-state index in [0.717, 1.165) is 9.26 Å². The number of rotatable bonds is 2. The van der Waals surface area contributed by atoms with Gasteiger partial charge >= 0.3 is 0 Å². The van der Waals surface area contributed by atoms with E-state index < -0.39 is 0 Å². The van der Waals surface area contributed by atoms with Crippen molar-refractivity contribution in [3.63, 3.8) is 0 Å². The molecule has 16 heavy (non-hydrogen) atoms. The molecule has 0 radical (unpaired) electrons. The highest BCUT2D eigenvalue weighted by molar-refractivity contribution is 14.1. The molecule has 0 saturated heterocycles. The van der Waals surface area contributed by atoms with Gasteiger partial charge in [0.1, 0.15) is 11.6 Å². The van der Waals surface area contributed by atoms with Crippen LogP contribution in [0.3, 0.4) is 0 Å². The lowest BCUT2D eigenvalue weighted by atomic mass is 10.3. The van der Waals surface area contributed by atoms with E-state index in [2.05, 4.69) is 37.9 Å². The van der Waals surface area contributed by atoms with Gasteiger partial charge in [-0.05, 0) is 58.5 Å². The third-order valence-electron chi connectivity index (χ3n) is 1.82. The number of hydrogen-bond donors (Lipinski definition) is 1. The Kier molecular flexibility index (Phi) is 3.55. The van der Waals surface area contributed by atoms with Gasteiger partial charge in [-0.3, -0.25) is 0 Å². The zero-order chi connectivity index (χ0) is 11.5. The van der Waals surface area contributed by atoms with Crippen LogP contribution in [-0.2, 0) is 0 Å². The standard InChI is InChI=1S/C10H6ClFIN3/c11-10-14-5-8(13)9(16-10)15-7-3-1-6(12)2-4-7/h1-5H,(H,14,15,16). The summed E-state index contributed by atoms with van der Waals surface area (Å²) < 4.78 is 13.5. The molecule has 3 nitrogen and oxygen atoms in total. The molecule has 2 rings (SSSR count). The minimum absolute atomic E-state index is 0.171. The molecule has 0 unspecified atom stereocenters. The van der Waals surface area contributed by atoms with Gasteiger partial charge in [0.2, 0.25) is 5.28 Å². The number of anilines is 2. The topological polar surface area (TPSA) is 37.8 Å². The van der Waals surface area contributed by atoms with Crippen molar-refractivity contribution in [2.75, 3.05) is 5.32 Å². The van der Waals surface area contributed by atoms with Gasteiger partial charge in [-0.25, -0.2) is 9.37 Å². The Morgan fingerprint density at radius 1 is 1.25 bits per heavy atom. The number of aromatic nitrogens is 2. The van der Waals surface area contributed by atoms with Crippen LogP contribution < -0.4 is 5.32 Å². The van der Waals surface area contributed by atoms with E-state index >= 15 is 0 Å². The summed E-state index contributed by atoms with van der Waals surface area (Å²) >= 11 is 7.77. The fourth-order valence-electron chi connectivity index (χ4n) is 1.10. The maximum Gasteiger partial charge on any atom is 0.224 e. The van der Waals surface area contributed by atoms with Crippen molar-refractivity contribution in [1.29, 1.82) is 0 Å². The normalized spacial score (nSPS) is 10.2. The molecule has 82 valence electrons. The fraction of sp³-hybridized carbons (Fsp3) is 0. The SMILES string of the molecule is Fc1ccc(Nc2nc(Cl)ncc2I)cc1. The smallest absolute Gasteiger partial charge is 0.224 e. The summed E-state index contributed by atoms with van der Waals surface area (Å²) in [4.78, 5) is 7.87. The summed E-state index contributed by atoms with van der Waals surface area (Å²) in [6.45, 7) is 0. The van der Waals surface area contributed by atoms with Crippen LogP contribution in [0.25, 0.3) is 0 Å². The highest BCUT2D eigenvalue weighted by Gasteiger charge is 2.03. The number of hydrogen-bond acceptors (Lipinski definition) is 3. The van der Waals surface area contributed by atoms with Crippen molar-refractivity contribution < 1.29 is 4.39 Å². The lowest BCUT2D eigenvalue weighted by molar-refractivity contribution is 0.628. The highest BCUT2D eigenvalue weighted by Crippen LogP contribution is 2.21. The predicted octanol–water partition coefficient (Wildman–Crippen LogP) is 3.62. The number of nitrogens with one attached hydrogen (secondary N) is 1. The molecule has 0 aliphatic carbocycles. The van der Waals surface area contributed by atoms with E-state index in [1.807, 2.05) is 0 Å². The van der Waals surface area contributed by atoms with E-state index in [-0.39, 0.29) is 11.1 Å². The molecule has 1 heterocycles. The quantitative estimate of drug-likeness (QED) is 0.665. The number of benzene rings is 1. The molecule has 0 amide bonds. The number of nitrogens with zero attached hydrogens (tertiary/aromatic N) is 2. The molecule has 1 aromatic heterocycles. The second-order valence-electron chi connectivity index (χ2n) is 2.97. The van der Waals surface area contributed by atoms with E-state index in [9.17, 15) is 4.39 Å². The first-order valence-corrected chi connectivity index (χ1v) is 5.81. The lowest BCUT2D eigenvalue weighted by Crippen LogP contribution is -1.98. The molecule has 0 saturated carbocycles. The summed E-state index contributed by atoms with van der Waals surface area (Å²) in [5, 5.41) is 3.20. The van der Waals surface area contributed by atoms with Gasteiger partial charge in [0, 0.05) is 11.9 Å². The van der Waals surface area contributed by atoms with E-state index in [1.165, 1.54) is 12.1 Å². The average Bonchev–Trinajstić information content (AvgIpc) is 2.27. The van der Waals surface area contributed by atoms with Crippen LogP contribution in [0.5, 0.6) is 0 Å². The van der Waals surface area contributed by atoms with Gasteiger partial charge in [-0.2, -0.15) is 4.98 Å². The molecule has 6 heteroatoms. The summed E-state index contributed by atoms with van der Waals surface area (Å²) in [7, 11) is 0. The third kappa shape index (κ3) is 2.79. The summed E-state index contributed by atoms with van der Waals surface area (Å²) in [5.74, 6) is 0.327. The van der Waals surface area contributed by atoms with Gasteiger partial charge in [0.05, 0.1) is 3.57 Å². The van der Waals surface area contributed by atoms with Gasteiger partial charge in [0.25, 0.3) is 0 Å². The van der Waals surface area contributed by atoms with Crippen LogP contribution in [0, 0.1) is 9.39 Å². The first-order chi connectivity index (χ1) is 7.65. The largest absolute Gasteiger partial charge is 0.339 e. The van der Waals surface area contributed by atoms with Crippen LogP contribution in [0.15, 0.2) is 30.5 Å². The van der Waals surface area contributed by atoms with Crippen molar-refractivity contribution >= 4 is 45.7 Å². The van der Waals surface area contributed by atoms with Crippen LogP contribution in [0.1, 0.15) is 0 Å². The second-order valence-corrected chi connectivity index (χ2v) is 4.47. The highest BCUT2D eigenvalue weighted by atomic mass is 127. The Hall–Kier alpha value is -0.950. The molecule has 1 N–H and O–H groups in total. The molecule has 0 spiro atoms. The Labute approximate surface area is 110 Å². The summed E-state index contributed by atoms with van der Waals surface area (Å²) in [6.07, 6.45) is 1.61. The minimum Gasteiger partial charge on any atom is -0.339 e. The molecular weight excluding hydrogens is 343 g/mol. The maximum atomic E-state index is 12.7. The number of halogens is 3. The zero-order valence-electron chi connectivity index (χ0n) is 7.92. The van der Waals surface area contributed by atoms with Crippen molar-refractivity contribution in [2.45, 2.75) is 0 Å². The Balaban J connectivity index is 2.26. The zero-order valence-corrected chi connectivity index (χ0v) is 10.8. The summed E-state index contributed by atoms with van der Waals surface area (Å²) in [5.41, 5.74) is 0.745. The predicted molar refractivity (Wildman–Crippen MR) is 69.4 cm³/mol. The van der Waals surface area contributed by atoms with Crippen molar-refractivity contribution in [1.82, 2.24) is 9.97 Å². The van der Waals surface area contributed by atoms with Crippen LogP contribution >= 0.6 is 34.2 Å². The van der Waals surface area contributed by atoms with Crippen molar-refractivity contribution in [3.8, 4) is 0 Å².